The van der Waals surface area contributed by atoms with Crippen molar-refractivity contribution in [1.29, 1.82) is 0 Å². The first-order valence-electron chi connectivity index (χ1n) is 21.5. The summed E-state index contributed by atoms with van der Waals surface area (Å²) < 4.78 is 0. The predicted octanol–water partition coefficient (Wildman–Crippen LogP) is 15.8. The standard InChI is InChI=1S/C60H47N/c1-40-18-14-15-25-49(40)50-35-37-56-58(41(50)2)53-38-47(33-36-54(53)59(56,3)4)61(46-30-28-43(29-31-46)42-19-8-5-9-20-42)48-32-34-52-51-26-16-17-27-55(51)60(57(52)39-48,44-21-10-6-11-22-44)45-23-12-7-13-24-45/h5-39H,1-4H3. The molecule has 1 heteroatoms. The molecule has 61 heavy (non-hydrogen) atoms. The summed E-state index contributed by atoms with van der Waals surface area (Å²) in [6.45, 7) is 9.31. The van der Waals surface area contributed by atoms with Crippen molar-refractivity contribution in [2.45, 2.75) is 38.5 Å². The van der Waals surface area contributed by atoms with E-state index < -0.39 is 5.41 Å². The number of anilines is 3. The van der Waals surface area contributed by atoms with Gasteiger partial charge in [-0.1, -0.05) is 190 Å². The van der Waals surface area contributed by atoms with Crippen LogP contribution in [0.5, 0.6) is 0 Å². The minimum atomic E-state index is -0.503. The lowest BCUT2D eigenvalue weighted by Gasteiger charge is -2.35. The van der Waals surface area contributed by atoms with Gasteiger partial charge in [0, 0.05) is 22.5 Å². The van der Waals surface area contributed by atoms with Crippen LogP contribution in [-0.4, -0.2) is 0 Å². The van der Waals surface area contributed by atoms with Crippen LogP contribution in [-0.2, 0) is 10.8 Å². The molecule has 2 aliphatic carbocycles. The molecule has 0 saturated heterocycles. The van der Waals surface area contributed by atoms with Gasteiger partial charge in [0.25, 0.3) is 0 Å². The molecule has 292 valence electrons. The van der Waals surface area contributed by atoms with E-state index >= 15 is 0 Å². The normalized spacial score (nSPS) is 13.8. The quantitative estimate of drug-likeness (QED) is 0.156. The highest BCUT2D eigenvalue weighted by molar-refractivity contribution is 5.93. The maximum Gasteiger partial charge on any atom is 0.0714 e. The second-order valence-electron chi connectivity index (χ2n) is 17.3. The molecule has 0 fully saturated rings. The fourth-order valence-electron chi connectivity index (χ4n) is 10.8. The Morgan fingerprint density at radius 3 is 1.54 bits per heavy atom. The zero-order valence-electron chi connectivity index (χ0n) is 35.2. The van der Waals surface area contributed by atoms with Gasteiger partial charge in [-0.15, -0.1) is 0 Å². The molecule has 0 unspecified atom stereocenters. The van der Waals surface area contributed by atoms with E-state index in [2.05, 4.69) is 245 Å². The van der Waals surface area contributed by atoms with Crippen molar-refractivity contribution >= 4 is 17.1 Å². The van der Waals surface area contributed by atoms with Gasteiger partial charge in [-0.3, -0.25) is 0 Å². The van der Waals surface area contributed by atoms with Crippen LogP contribution in [0, 0.1) is 13.8 Å². The monoisotopic (exact) mass is 781 g/mol. The Hall–Kier alpha value is -7.22. The van der Waals surface area contributed by atoms with Crippen molar-refractivity contribution in [3.63, 3.8) is 0 Å². The van der Waals surface area contributed by atoms with Gasteiger partial charge in [-0.25, -0.2) is 0 Å². The molecule has 2 aliphatic rings. The van der Waals surface area contributed by atoms with Gasteiger partial charge in [0.05, 0.1) is 5.41 Å². The highest BCUT2D eigenvalue weighted by Gasteiger charge is 2.46. The minimum Gasteiger partial charge on any atom is -0.310 e. The van der Waals surface area contributed by atoms with Crippen molar-refractivity contribution in [2.75, 3.05) is 4.90 Å². The van der Waals surface area contributed by atoms with Crippen LogP contribution in [0.2, 0.25) is 0 Å². The lowest BCUT2D eigenvalue weighted by molar-refractivity contribution is 0.660. The maximum absolute atomic E-state index is 2.48. The van der Waals surface area contributed by atoms with Crippen molar-refractivity contribution in [3.8, 4) is 44.5 Å². The Morgan fingerprint density at radius 1 is 0.344 bits per heavy atom. The molecule has 0 heterocycles. The van der Waals surface area contributed by atoms with E-state index in [1.165, 1.54) is 89.0 Å². The summed E-state index contributed by atoms with van der Waals surface area (Å²) in [6, 6.07) is 78.9. The molecule has 0 amide bonds. The van der Waals surface area contributed by atoms with Crippen molar-refractivity contribution in [2.24, 2.45) is 0 Å². The Bertz CT molecular complexity index is 3060. The van der Waals surface area contributed by atoms with E-state index in [9.17, 15) is 0 Å². The number of hydrogen-bond donors (Lipinski definition) is 0. The summed E-state index contributed by atoms with van der Waals surface area (Å²) in [7, 11) is 0. The van der Waals surface area contributed by atoms with Gasteiger partial charge in [0.2, 0.25) is 0 Å². The minimum absolute atomic E-state index is 0.134. The van der Waals surface area contributed by atoms with Gasteiger partial charge in [-0.2, -0.15) is 0 Å². The number of nitrogens with zero attached hydrogens (tertiary/aromatic N) is 1. The third-order valence-corrected chi connectivity index (χ3v) is 13.7. The Morgan fingerprint density at radius 2 is 0.852 bits per heavy atom. The second kappa shape index (κ2) is 14.2. The maximum atomic E-state index is 2.48. The van der Waals surface area contributed by atoms with Crippen molar-refractivity contribution in [1.82, 2.24) is 0 Å². The number of aryl methyl sites for hydroxylation is 1. The first-order valence-corrected chi connectivity index (χ1v) is 21.5. The molecular formula is C60H47N. The van der Waals surface area contributed by atoms with Crippen LogP contribution in [0.15, 0.2) is 212 Å². The molecule has 0 atom stereocenters. The first-order chi connectivity index (χ1) is 29.9. The molecular weight excluding hydrogens is 735 g/mol. The van der Waals surface area contributed by atoms with Gasteiger partial charge < -0.3 is 4.90 Å². The summed E-state index contributed by atoms with van der Waals surface area (Å²) in [5, 5.41) is 0. The molecule has 0 aromatic heterocycles. The molecule has 0 saturated carbocycles. The zero-order valence-corrected chi connectivity index (χ0v) is 35.2. The highest BCUT2D eigenvalue weighted by atomic mass is 15.1. The molecule has 0 N–H and O–H groups in total. The SMILES string of the molecule is Cc1ccccc1-c1ccc2c(c1C)-c1cc(N(c3ccc(-c4ccccc4)cc3)c3ccc4c(c3)C(c3ccccc3)(c3ccccc3)c3ccccc3-4)ccc1C2(C)C. The number of fused-ring (bicyclic) bond motifs is 6. The van der Waals surface area contributed by atoms with Crippen LogP contribution >= 0.6 is 0 Å². The van der Waals surface area contributed by atoms with Crippen LogP contribution in [0.4, 0.5) is 17.1 Å². The van der Waals surface area contributed by atoms with E-state index in [-0.39, 0.29) is 5.41 Å². The topological polar surface area (TPSA) is 3.24 Å². The van der Waals surface area contributed by atoms with Crippen LogP contribution in [0.25, 0.3) is 44.5 Å². The van der Waals surface area contributed by atoms with Crippen molar-refractivity contribution in [3.05, 3.63) is 257 Å². The number of rotatable bonds is 7. The van der Waals surface area contributed by atoms with Crippen LogP contribution < -0.4 is 4.90 Å². The highest BCUT2D eigenvalue weighted by Crippen LogP contribution is 2.58. The van der Waals surface area contributed by atoms with Gasteiger partial charge in [0.15, 0.2) is 0 Å². The average molecular weight is 782 g/mol. The molecule has 0 spiro atoms. The Balaban J connectivity index is 1.15. The van der Waals surface area contributed by atoms with E-state index in [1.807, 2.05) is 0 Å². The van der Waals surface area contributed by atoms with Crippen LogP contribution in [0.1, 0.15) is 58.4 Å². The zero-order chi connectivity index (χ0) is 41.3. The van der Waals surface area contributed by atoms with E-state index in [1.54, 1.807) is 0 Å². The molecule has 9 aromatic carbocycles. The predicted molar refractivity (Wildman–Crippen MR) is 256 cm³/mol. The summed E-state index contributed by atoms with van der Waals surface area (Å²) in [6.07, 6.45) is 0. The lowest BCUT2D eigenvalue weighted by Crippen LogP contribution is -2.28. The van der Waals surface area contributed by atoms with E-state index in [4.69, 9.17) is 0 Å². The average Bonchev–Trinajstić information content (AvgIpc) is 3.73. The Labute approximate surface area is 360 Å². The van der Waals surface area contributed by atoms with Gasteiger partial charge >= 0.3 is 0 Å². The number of hydrogen-bond acceptors (Lipinski definition) is 1. The van der Waals surface area contributed by atoms with Crippen molar-refractivity contribution < 1.29 is 0 Å². The molecule has 0 bridgehead atoms. The smallest absolute Gasteiger partial charge is 0.0714 e. The van der Waals surface area contributed by atoms with Gasteiger partial charge in [-0.05, 0) is 139 Å². The molecule has 1 nitrogen and oxygen atoms in total. The lowest BCUT2D eigenvalue weighted by atomic mass is 9.67. The Kier molecular flexibility index (Phi) is 8.58. The fraction of sp³-hybridized carbons (Fsp3) is 0.100. The largest absolute Gasteiger partial charge is 0.310 e. The molecule has 9 aromatic rings. The third kappa shape index (κ3) is 5.61. The summed E-state index contributed by atoms with van der Waals surface area (Å²) >= 11 is 0. The van der Waals surface area contributed by atoms with Crippen LogP contribution in [0.3, 0.4) is 0 Å². The van der Waals surface area contributed by atoms with E-state index in [0.29, 0.717) is 0 Å². The summed E-state index contributed by atoms with van der Waals surface area (Å²) in [5.74, 6) is 0. The number of benzene rings is 9. The van der Waals surface area contributed by atoms with E-state index in [0.717, 1.165) is 17.1 Å². The summed E-state index contributed by atoms with van der Waals surface area (Å²) in [4.78, 5) is 2.48. The first kappa shape index (κ1) is 36.8. The molecule has 0 radical (unpaired) electrons. The molecule has 0 aliphatic heterocycles. The fourth-order valence-corrected chi connectivity index (χ4v) is 10.8. The third-order valence-electron chi connectivity index (χ3n) is 13.7. The second-order valence-corrected chi connectivity index (χ2v) is 17.3. The van der Waals surface area contributed by atoms with Gasteiger partial charge in [0.1, 0.15) is 0 Å². The molecule has 11 rings (SSSR count). The summed E-state index contributed by atoms with van der Waals surface area (Å²) in [5.41, 5.74) is 23.5.